The van der Waals surface area contributed by atoms with Crippen LogP contribution < -0.4 is 16.1 Å². The van der Waals surface area contributed by atoms with E-state index in [9.17, 15) is 4.79 Å². The highest BCUT2D eigenvalue weighted by Crippen LogP contribution is 2.26. The van der Waals surface area contributed by atoms with Gasteiger partial charge in [0.25, 0.3) is 5.56 Å². The molecule has 0 aromatic carbocycles. The van der Waals surface area contributed by atoms with Gasteiger partial charge in [-0.05, 0) is 43.5 Å². The quantitative estimate of drug-likeness (QED) is 0.621. The number of aryl methyl sites for hydroxylation is 1. The smallest absolute Gasteiger partial charge is 0.271 e. The molecule has 0 amide bonds. The Bertz CT molecular complexity index is 693. The zero-order valence-corrected chi connectivity index (χ0v) is 9.05. The van der Waals surface area contributed by atoms with Crippen molar-refractivity contribution in [3.8, 4) is 0 Å². The van der Waals surface area contributed by atoms with Gasteiger partial charge in [-0.3, -0.25) is 15.0 Å². The first-order valence-corrected chi connectivity index (χ1v) is 5.40. The molecule has 3 N–H and O–H groups in total. The number of hydrogen-bond donors (Lipinski definition) is 3. The molecule has 0 atom stereocenters. The highest BCUT2D eigenvalue weighted by atomic mass is 16.1. The molecule has 0 radical (unpaired) electrons. The molecular weight excluding hydrogens is 202 g/mol. The van der Waals surface area contributed by atoms with Crippen LogP contribution in [0.4, 0.5) is 0 Å². The van der Waals surface area contributed by atoms with Gasteiger partial charge in [0, 0.05) is 11.4 Å². The number of aromatic amines is 3. The Kier molecular flexibility index (Phi) is 1.89. The molecule has 4 heteroatoms. The molecule has 0 saturated heterocycles. The van der Waals surface area contributed by atoms with Crippen molar-refractivity contribution in [1.82, 2.24) is 15.2 Å². The first-order chi connectivity index (χ1) is 7.74. The summed E-state index contributed by atoms with van der Waals surface area (Å²) in [7, 11) is 0. The molecule has 0 unspecified atom stereocenters. The van der Waals surface area contributed by atoms with Crippen LogP contribution in [0.3, 0.4) is 0 Å². The van der Waals surface area contributed by atoms with Crippen molar-refractivity contribution in [2.45, 2.75) is 19.8 Å². The monoisotopic (exact) mass is 215 g/mol. The van der Waals surface area contributed by atoms with E-state index in [2.05, 4.69) is 15.2 Å². The van der Waals surface area contributed by atoms with Crippen molar-refractivity contribution >= 4 is 11.6 Å². The molecule has 3 rings (SSSR count). The molecule has 4 nitrogen and oxygen atoms in total. The number of aromatic nitrogens is 3. The molecule has 0 aliphatic heterocycles. The van der Waals surface area contributed by atoms with E-state index in [1.807, 2.05) is 25.1 Å². The Balaban J connectivity index is 2.27. The third-order valence-electron chi connectivity index (χ3n) is 2.82. The molecule has 0 bridgehead atoms. The van der Waals surface area contributed by atoms with Gasteiger partial charge in [-0.25, -0.2) is 0 Å². The van der Waals surface area contributed by atoms with Crippen LogP contribution in [0.1, 0.15) is 24.2 Å². The fourth-order valence-electron chi connectivity index (χ4n) is 1.86. The highest BCUT2D eigenvalue weighted by Gasteiger charge is 2.14. The lowest BCUT2D eigenvalue weighted by molar-refractivity contribution is 1.03. The Morgan fingerprint density at radius 2 is 2.06 bits per heavy atom. The van der Waals surface area contributed by atoms with E-state index in [4.69, 9.17) is 0 Å². The Morgan fingerprint density at radius 1 is 1.25 bits per heavy atom. The SMILES string of the molecule is Cc1ccc(C=c2c(=O)[nH][nH]c2=C2CC2)[nH]1. The summed E-state index contributed by atoms with van der Waals surface area (Å²) >= 11 is 0. The van der Waals surface area contributed by atoms with Crippen molar-refractivity contribution in [1.29, 1.82) is 0 Å². The van der Waals surface area contributed by atoms with Crippen molar-refractivity contribution in [3.05, 3.63) is 44.4 Å². The van der Waals surface area contributed by atoms with Crippen LogP contribution in [-0.2, 0) is 0 Å². The molecule has 82 valence electrons. The largest absolute Gasteiger partial charge is 0.359 e. The molecule has 1 aliphatic carbocycles. The molecule has 1 saturated carbocycles. The van der Waals surface area contributed by atoms with E-state index in [1.54, 1.807) is 0 Å². The molecule has 2 heterocycles. The molecule has 2 aromatic rings. The van der Waals surface area contributed by atoms with Crippen LogP contribution in [0.5, 0.6) is 0 Å². The summed E-state index contributed by atoms with van der Waals surface area (Å²) in [6, 6.07) is 3.97. The van der Waals surface area contributed by atoms with E-state index in [1.165, 1.54) is 5.57 Å². The second-order valence-electron chi connectivity index (χ2n) is 4.21. The fraction of sp³-hybridized carbons (Fsp3) is 0.250. The van der Waals surface area contributed by atoms with Crippen molar-refractivity contribution in [2.75, 3.05) is 0 Å². The third-order valence-corrected chi connectivity index (χ3v) is 2.82. The number of nitrogens with one attached hydrogen (secondary N) is 3. The predicted molar refractivity (Wildman–Crippen MR) is 62.4 cm³/mol. The van der Waals surface area contributed by atoms with E-state index < -0.39 is 0 Å². The summed E-state index contributed by atoms with van der Waals surface area (Å²) in [6.45, 7) is 2.00. The minimum atomic E-state index is -0.0540. The van der Waals surface area contributed by atoms with Gasteiger partial charge >= 0.3 is 0 Å². The van der Waals surface area contributed by atoms with Crippen LogP contribution in [0, 0.1) is 6.92 Å². The zero-order chi connectivity index (χ0) is 11.1. The maximum Gasteiger partial charge on any atom is 0.271 e. The minimum Gasteiger partial charge on any atom is -0.359 e. The van der Waals surface area contributed by atoms with E-state index in [-0.39, 0.29) is 5.56 Å². The average molecular weight is 215 g/mol. The van der Waals surface area contributed by atoms with E-state index in [0.29, 0.717) is 0 Å². The summed E-state index contributed by atoms with van der Waals surface area (Å²) in [4.78, 5) is 14.8. The summed E-state index contributed by atoms with van der Waals surface area (Å²) in [5.41, 5.74) is 3.33. The standard InChI is InChI=1S/C12H13N3O/c1-7-2-5-9(13-7)6-10-11(8-3-4-8)14-15-12(10)16/h2,5-6,13-14H,3-4H2,1H3,(H,15,16). The lowest BCUT2D eigenvalue weighted by atomic mass is 10.3. The second-order valence-corrected chi connectivity index (χ2v) is 4.21. The summed E-state index contributed by atoms with van der Waals surface area (Å²) < 4.78 is 0. The topological polar surface area (TPSA) is 64.4 Å². The molecule has 0 spiro atoms. The van der Waals surface area contributed by atoms with Gasteiger partial charge in [0.1, 0.15) is 0 Å². The number of rotatable bonds is 1. The maximum atomic E-state index is 11.6. The summed E-state index contributed by atoms with van der Waals surface area (Å²) in [5, 5.41) is 7.28. The molecule has 16 heavy (non-hydrogen) atoms. The van der Waals surface area contributed by atoms with Gasteiger partial charge in [0.15, 0.2) is 0 Å². The molecule has 1 aliphatic rings. The van der Waals surface area contributed by atoms with Crippen molar-refractivity contribution < 1.29 is 0 Å². The fourth-order valence-corrected chi connectivity index (χ4v) is 1.86. The lowest BCUT2D eigenvalue weighted by Crippen LogP contribution is -2.33. The second kappa shape index (κ2) is 3.27. The Hall–Kier alpha value is -1.97. The number of hydrogen-bond acceptors (Lipinski definition) is 1. The third kappa shape index (κ3) is 1.52. The van der Waals surface area contributed by atoms with Crippen molar-refractivity contribution in [2.24, 2.45) is 0 Å². The Labute approximate surface area is 91.7 Å². The summed E-state index contributed by atoms with van der Waals surface area (Å²) in [5.74, 6) is 0. The van der Waals surface area contributed by atoms with Gasteiger partial charge in [-0.1, -0.05) is 0 Å². The molecule has 1 fully saturated rings. The lowest BCUT2D eigenvalue weighted by Gasteiger charge is -1.84. The van der Waals surface area contributed by atoms with E-state index in [0.717, 1.165) is 34.8 Å². The van der Waals surface area contributed by atoms with Crippen LogP contribution in [0.2, 0.25) is 0 Å². The van der Waals surface area contributed by atoms with Crippen LogP contribution in [-0.4, -0.2) is 15.2 Å². The molecule has 2 aromatic heterocycles. The van der Waals surface area contributed by atoms with Gasteiger partial charge in [0.2, 0.25) is 0 Å². The van der Waals surface area contributed by atoms with Gasteiger partial charge in [-0.2, -0.15) is 0 Å². The Morgan fingerprint density at radius 3 is 2.69 bits per heavy atom. The zero-order valence-electron chi connectivity index (χ0n) is 9.05. The molecular formula is C12H13N3O. The van der Waals surface area contributed by atoms with Gasteiger partial charge in [-0.15, -0.1) is 0 Å². The van der Waals surface area contributed by atoms with Crippen LogP contribution >= 0.6 is 0 Å². The minimum absolute atomic E-state index is 0.0540. The average Bonchev–Trinajstić information content (AvgIpc) is 2.93. The highest BCUT2D eigenvalue weighted by molar-refractivity contribution is 5.58. The van der Waals surface area contributed by atoms with E-state index >= 15 is 0 Å². The maximum absolute atomic E-state index is 11.6. The predicted octanol–water partition coefficient (Wildman–Crippen LogP) is 0.113. The summed E-state index contributed by atoms with van der Waals surface area (Å²) in [6.07, 6.45) is 4.08. The van der Waals surface area contributed by atoms with Gasteiger partial charge < -0.3 is 4.98 Å². The first-order valence-electron chi connectivity index (χ1n) is 5.40. The van der Waals surface area contributed by atoms with Gasteiger partial charge in [0.05, 0.1) is 10.6 Å². The van der Waals surface area contributed by atoms with Crippen LogP contribution in [0.25, 0.3) is 11.6 Å². The normalized spacial score (nSPS) is 15.8. The van der Waals surface area contributed by atoms with Crippen molar-refractivity contribution in [3.63, 3.8) is 0 Å². The van der Waals surface area contributed by atoms with Crippen LogP contribution in [0.15, 0.2) is 16.9 Å². The number of H-pyrrole nitrogens is 3. The first kappa shape index (κ1) is 9.27.